The highest BCUT2D eigenvalue weighted by atomic mass is 32.2. The molecular weight excluding hydrogens is 482 g/mol. The number of thioether (sulfide) groups is 1. The molecule has 9 nitrogen and oxygen atoms in total. The topological polar surface area (TPSA) is 97.4 Å². The van der Waals surface area contributed by atoms with Gasteiger partial charge in [0.1, 0.15) is 23.8 Å². The molecule has 0 bridgehead atoms. The van der Waals surface area contributed by atoms with Crippen LogP contribution in [0, 0.1) is 0 Å². The average molecular weight is 512 g/mol. The lowest BCUT2D eigenvalue weighted by atomic mass is 10.1. The summed E-state index contributed by atoms with van der Waals surface area (Å²) in [6.07, 6.45) is 3.84. The first-order valence-corrected chi connectivity index (χ1v) is 12.5. The van der Waals surface area contributed by atoms with Crippen LogP contribution >= 0.6 is 11.8 Å². The van der Waals surface area contributed by atoms with Crippen LogP contribution in [0.3, 0.4) is 0 Å². The largest absolute Gasteiger partial charge is 0.496 e. The molecule has 0 atom stereocenters. The van der Waals surface area contributed by atoms with Crippen molar-refractivity contribution in [2.45, 2.75) is 19.8 Å². The fraction of sp³-hybridized carbons (Fsp3) is 0.346. The zero-order valence-corrected chi connectivity index (χ0v) is 21.4. The quantitative estimate of drug-likeness (QED) is 0.496. The summed E-state index contributed by atoms with van der Waals surface area (Å²) >= 11 is 0.790. The van der Waals surface area contributed by atoms with Gasteiger partial charge < -0.3 is 24.4 Å². The number of carbonyl (C=O) groups excluding carboxylic acids is 3. The highest BCUT2D eigenvalue weighted by Crippen LogP contribution is 2.40. The monoisotopic (exact) mass is 511 g/mol. The van der Waals surface area contributed by atoms with Gasteiger partial charge in [0, 0.05) is 30.4 Å². The Morgan fingerprint density at radius 3 is 2.39 bits per heavy atom. The maximum absolute atomic E-state index is 13.0. The van der Waals surface area contributed by atoms with Crippen molar-refractivity contribution in [1.82, 2.24) is 4.90 Å². The van der Waals surface area contributed by atoms with E-state index >= 15 is 0 Å². The molecule has 2 aliphatic rings. The third-order valence-corrected chi connectivity index (χ3v) is 6.80. The van der Waals surface area contributed by atoms with Gasteiger partial charge in [-0.2, -0.15) is 0 Å². The van der Waals surface area contributed by atoms with E-state index in [1.165, 1.54) is 0 Å². The van der Waals surface area contributed by atoms with Crippen LogP contribution in [0.5, 0.6) is 17.2 Å². The molecule has 0 aromatic heterocycles. The molecule has 2 saturated heterocycles. The maximum Gasteiger partial charge on any atom is 0.294 e. The second-order valence-corrected chi connectivity index (χ2v) is 9.23. The number of anilines is 2. The Morgan fingerprint density at radius 1 is 1.06 bits per heavy atom. The molecule has 4 rings (SSSR count). The first-order valence-electron chi connectivity index (χ1n) is 11.7. The van der Waals surface area contributed by atoms with Crippen LogP contribution in [-0.2, 0) is 9.59 Å². The molecule has 2 aromatic rings. The molecule has 2 aromatic carbocycles. The van der Waals surface area contributed by atoms with Crippen LogP contribution in [-0.4, -0.2) is 62.4 Å². The van der Waals surface area contributed by atoms with Crippen LogP contribution in [0.4, 0.5) is 16.2 Å². The first kappa shape index (κ1) is 25.4. The molecule has 10 heteroatoms. The van der Waals surface area contributed by atoms with E-state index in [4.69, 9.17) is 14.2 Å². The van der Waals surface area contributed by atoms with Crippen LogP contribution < -0.4 is 24.4 Å². The first-order chi connectivity index (χ1) is 17.4. The van der Waals surface area contributed by atoms with Crippen molar-refractivity contribution >= 4 is 46.3 Å². The van der Waals surface area contributed by atoms with E-state index in [0.29, 0.717) is 35.1 Å². The highest BCUT2D eigenvalue weighted by Gasteiger charge is 2.36. The Balaban J connectivity index is 1.49. The SMILES string of the molecule is CCOc1ccc(NC(=O)CN2C(=O)S/C(=C\c3cc(OC)c(N4CCCC4)cc3OC)C2=O)cc1. The second-order valence-electron chi connectivity index (χ2n) is 8.23. The van der Waals surface area contributed by atoms with Gasteiger partial charge >= 0.3 is 0 Å². The van der Waals surface area contributed by atoms with E-state index in [1.54, 1.807) is 50.6 Å². The van der Waals surface area contributed by atoms with Gasteiger partial charge in [0.25, 0.3) is 11.1 Å². The zero-order chi connectivity index (χ0) is 25.7. The Hall–Kier alpha value is -3.66. The van der Waals surface area contributed by atoms with Gasteiger partial charge in [-0.25, -0.2) is 0 Å². The fourth-order valence-electron chi connectivity index (χ4n) is 4.15. The number of imide groups is 1. The summed E-state index contributed by atoms with van der Waals surface area (Å²) < 4.78 is 16.6. The minimum Gasteiger partial charge on any atom is -0.496 e. The summed E-state index contributed by atoms with van der Waals surface area (Å²) in [5.74, 6) is 0.913. The standard InChI is InChI=1S/C26H29N3O6S/c1-4-35-19-9-7-18(8-10-19)27-24(30)16-29-25(31)23(36-26(29)32)14-17-13-22(34-3)20(15-21(17)33-2)28-11-5-6-12-28/h7-10,13-15H,4-6,11-12,16H2,1-3H3,(H,27,30)/b23-14-. The lowest BCUT2D eigenvalue weighted by Crippen LogP contribution is -2.36. The van der Waals surface area contributed by atoms with Crippen LogP contribution in [0.1, 0.15) is 25.3 Å². The normalized spacial score (nSPS) is 16.6. The Kier molecular flexibility index (Phi) is 8.04. The number of amides is 3. The predicted octanol–water partition coefficient (Wildman–Crippen LogP) is 4.38. The Labute approximate surface area is 214 Å². The molecule has 0 saturated carbocycles. The summed E-state index contributed by atoms with van der Waals surface area (Å²) in [6, 6.07) is 10.6. The number of ether oxygens (including phenoxy) is 3. The molecular formula is C26H29N3O6S. The predicted molar refractivity (Wildman–Crippen MR) is 140 cm³/mol. The van der Waals surface area contributed by atoms with Gasteiger partial charge in [0.15, 0.2) is 0 Å². The number of benzene rings is 2. The number of rotatable bonds is 9. The van der Waals surface area contributed by atoms with Gasteiger partial charge in [0.05, 0.1) is 31.4 Å². The molecule has 36 heavy (non-hydrogen) atoms. The van der Waals surface area contributed by atoms with Gasteiger partial charge in [-0.05, 0) is 67.9 Å². The third kappa shape index (κ3) is 5.59. The van der Waals surface area contributed by atoms with Crippen molar-refractivity contribution in [2.75, 3.05) is 50.7 Å². The molecule has 0 spiro atoms. The third-order valence-electron chi connectivity index (χ3n) is 5.89. The highest BCUT2D eigenvalue weighted by molar-refractivity contribution is 8.18. The summed E-state index contributed by atoms with van der Waals surface area (Å²) in [5.41, 5.74) is 2.09. The summed E-state index contributed by atoms with van der Waals surface area (Å²) in [7, 11) is 3.16. The summed E-state index contributed by atoms with van der Waals surface area (Å²) in [6.45, 7) is 3.92. The molecule has 3 amide bonds. The van der Waals surface area contributed by atoms with Gasteiger partial charge in [-0.3, -0.25) is 19.3 Å². The van der Waals surface area contributed by atoms with E-state index in [9.17, 15) is 14.4 Å². The number of methoxy groups -OCH3 is 2. The lowest BCUT2D eigenvalue weighted by Gasteiger charge is -2.22. The van der Waals surface area contributed by atoms with Crippen molar-refractivity contribution in [2.24, 2.45) is 0 Å². The van der Waals surface area contributed by atoms with E-state index in [2.05, 4.69) is 10.2 Å². The van der Waals surface area contributed by atoms with Crippen molar-refractivity contribution < 1.29 is 28.6 Å². The van der Waals surface area contributed by atoms with Crippen LogP contribution in [0.2, 0.25) is 0 Å². The maximum atomic E-state index is 13.0. The number of hydrogen-bond acceptors (Lipinski definition) is 8. The molecule has 2 heterocycles. The van der Waals surface area contributed by atoms with E-state index in [1.807, 2.05) is 13.0 Å². The molecule has 2 fully saturated rings. The minimum absolute atomic E-state index is 0.211. The Bertz CT molecular complexity index is 1170. The summed E-state index contributed by atoms with van der Waals surface area (Å²) in [5, 5.41) is 2.19. The smallest absolute Gasteiger partial charge is 0.294 e. The van der Waals surface area contributed by atoms with E-state index < -0.39 is 17.1 Å². The molecule has 0 radical (unpaired) electrons. The second kappa shape index (κ2) is 11.4. The van der Waals surface area contributed by atoms with Crippen molar-refractivity contribution in [3.63, 3.8) is 0 Å². The molecule has 1 N–H and O–H groups in total. The molecule has 0 unspecified atom stereocenters. The number of hydrogen-bond donors (Lipinski definition) is 1. The van der Waals surface area contributed by atoms with Gasteiger partial charge in [-0.1, -0.05) is 0 Å². The lowest BCUT2D eigenvalue weighted by molar-refractivity contribution is -0.127. The zero-order valence-electron chi connectivity index (χ0n) is 20.5. The van der Waals surface area contributed by atoms with Crippen molar-refractivity contribution in [1.29, 1.82) is 0 Å². The number of nitrogens with zero attached hydrogens (tertiary/aromatic N) is 2. The number of nitrogens with one attached hydrogen (secondary N) is 1. The van der Waals surface area contributed by atoms with Gasteiger partial charge in [-0.15, -0.1) is 0 Å². The van der Waals surface area contributed by atoms with Crippen LogP contribution in [0.15, 0.2) is 41.3 Å². The molecule has 2 aliphatic heterocycles. The average Bonchev–Trinajstić information content (AvgIpc) is 3.50. The van der Waals surface area contributed by atoms with E-state index in [0.717, 1.165) is 48.3 Å². The minimum atomic E-state index is -0.531. The van der Waals surface area contributed by atoms with Crippen LogP contribution in [0.25, 0.3) is 6.08 Å². The summed E-state index contributed by atoms with van der Waals surface area (Å²) in [4.78, 5) is 41.5. The van der Waals surface area contributed by atoms with E-state index in [-0.39, 0.29) is 11.4 Å². The van der Waals surface area contributed by atoms with Crippen molar-refractivity contribution in [3.05, 3.63) is 46.9 Å². The molecule has 190 valence electrons. The van der Waals surface area contributed by atoms with Crippen molar-refractivity contribution in [3.8, 4) is 17.2 Å². The molecule has 0 aliphatic carbocycles. The fourth-order valence-corrected chi connectivity index (χ4v) is 4.98. The Morgan fingerprint density at radius 2 is 1.75 bits per heavy atom. The number of carbonyl (C=O) groups is 3. The van der Waals surface area contributed by atoms with Gasteiger partial charge in [0.2, 0.25) is 5.91 Å².